The molecule has 164 valence electrons. The molecule has 1 unspecified atom stereocenters. The summed E-state index contributed by atoms with van der Waals surface area (Å²) < 4.78 is 6.07. The standard InChI is InChI=1S/C22H21ClN6O2S/c1-13-28-20-19(18-4-2-3-7-31-18)15(12-25-22(20)32-13)10-16(30)8-14-9-17(23)21(24-11-14)29-26-5-6-27-29/h5-6,9,11-12,18H,2-4,7-8,10H2,1H3. The van der Waals surface area contributed by atoms with Crippen molar-refractivity contribution in [1.29, 1.82) is 0 Å². The lowest BCUT2D eigenvalue weighted by Gasteiger charge is -2.25. The molecule has 1 aliphatic rings. The molecule has 0 radical (unpaired) electrons. The van der Waals surface area contributed by atoms with E-state index in [0.29, 0.717) is 10.8 Å². The third-order valence-corrected chi connectivity index (χ3v) is 6.59. The zero-order valence-electron chi connectivity index (χ0n) is 17.5. The van der Waals surface area contributed by atoms with Crippen molar-refractivity contribution in [3.8, 4) is 5.82 Å². The second kappa shape index (κ2) is 9.01. The lowest BCUT2D eigenvalue weighted by Crippen LogP contribution is -2.16. The van der Waals surface area contributed by atoms with Gasteiger partial charge in [-0.1, -0.05) is 22.9 Å². The van der Waals surface area contributed by atoms with Crippen LogP contribution in [0.4, 0.5) is 0 Å². The summed E-state index contributed by atoms with van der Waals surface area (Å²) in [4.78, 5) is 28.8. The predicted octanol–water partition coefficient (Wildman–Crippen LogP) is 4.22. The fourth-order valence-corrected chi connectivity index (χ4v) is 5.09. The van der Waals surface area contributed by atoms with E-state index in [9.17, 15) is 4.79 Å². The zero-order valence-corrected chi connectivity index (χ0v) is 19.1. The zero-order chi connectivity index (χ0) is 22.1. The van der Waals surface area contributed by atoms with E-state index in [4.69, 9.17) is 21.3 Å². The van der Waals surface area contributed by atoms with E-state index in [1.807, 2.05) is 13.1 Å². The minimum Gasteiger partial charge on any atom is -0.373 e. The first kappa shape index (κ1) is 21.1. The van der Waals surface area contributed by atoms with Gasteiger partial charge >= 0.3 is 0 Å². The molecule has 0 saturated carbocycles. The van der Waals surface area contributed by atoms with Gasteiger partial charge in [-0.3, -0.25) is 4.79 Å². The molecular weight excluding hydrogens is 448 g/mol. The molecule has 1 atom stereocenters. The van der Waals surface area contributed by atoms with E-state index in [0.717, 1.165) is 57.9 Å². The number of hydrogen-bond acceptors (Lipinski definition) is 8. The molecule has 0 bridgehead atoms. The Hall–Kier alpha value is -2.75. The summed E-state index contributed by atoms with van der Waals surface area (Å²) in [5, 5.41) is 9.44. The van der Waals surface area contributed by atoms with Crippen molar-refractivity contribution in [3.05, 3.63) is 57.6 Å². The number of aryl methyl sites for hydroxylation is 1. The summed E-state index contributed by atoms with van der Waals surface area (Å²) >= 11 is 7.92. The van der Waals surface area contributed by atoms with Gasteiger partial charge in [-0.15, -0.1) is 4.80 Å². The van der Waals surface area contributed by atoms with Crippen LogP contribution in [0.5, 0.6) is 0 Å². The number of rotatable bonds is 6. The van der Waals surface area contributed by atoms with E-state index in [-0.39, 0.29) is 24.7 Å². The summed E-state index contributed by atoms with van der Waals surface area (Å²) in [6.45, 7) is 2.70. The average molecular weight is 469 g/mol. The summed E-state index contributed by atoms with van der Waals surface area (Å²) in [6.07, 6.45) is 10.1. The SMILES string of the molecule is Cc1nc2c(C3CCCCO3)c(CC(=O)Cc3cnc(-n4nccn4)c(Cl)c3)cnc2s1. The first-order valence-electron chi connectivity index (χ1n) is 10.5. The average Bonchev–Trinajstić information content (AvgIpc) is 3.43. The Bertz CT molecular complexity index is 1270. The fraction of sp³-hybridized carbons (Fsp3) is 0.364. The number of ether oxygens (including phenoxy) is 1. The number of pyridine rings is 2. The molecule has 1 saturated heterocycles. The summed E-state index contributed by atoms with van der Waals surface area (Å²) in [5.41, 5.74) is 3.51. The highest BCUT2D eigenvalue weighted by molar-refractivity contribution is 7.18. The van der Waals surface area contributed by atoms with Crippen molar-refractivity contribution in [1.82, 2.24) is 29.9 Å². The number of halogens is 1. The van der Waals surface area contributed by atoms with Crippen LogP contribution in [-0.4, -0.2) is 42.3 Å². The van der Waals surface area contributed by atoms with E-state index < -0.39 is 0 Å². The second-order valence-electron chi connectivity index (χ2n) is 7.80. The van der Waals surface area contributed by atoms with Gasteiger partial charge in [0.2, 0.25) is 0 Å². The van der Waals surface area contributed by atoms with E-state index in [1.54, 1.807) is 36.0 Å². The van der Waals surface area contributed by atoms with Gasteiger partial charge in [0.15, 0.2) is 5.82 Å². The summed E-state index contributed by atoms with van der Waals surface area (Å²) in [6, 6.07) is 1.74. The third kappa shape index (κ3) is 4.28. The lowest BCUT2D eigenvalue weighted by molar-refractivity contribution is -0.117. The molecule has 0 spiro atoms. The van der Waals surface area contributed by atoms with Gasteiger partial charge in [-0.2, -0.15) is 10.2 Å². The highest BCUT2D eigenvalue weighted by atomic mass is 35.5. The molecule has 10 heteroatoms. The number of ketones is 1. The highest BCUT2D eigenvalue weighted by Crippen LogP contribution is 2.36. The van der Waals surface area contributed by atoms with Crippen molar-refractivity contribution in [2.24, 2.45) is 0 Å². The Morgan fingerprint density at radius 1 is 1.22 bits per heavy atom. The summed E-state index contributed by atoms with van der Waals surface area (Å²) in [7, 11) is 0. The van der Waals surface area contributed by atoms with Gasteiger partial charge in [-0.05, 0) is 43.4 Å². The van der Waals surface area contributed by atoms with Crippen LogP contribution in [0.25, 0.3) is 16.2 Å². The van der Waals surface area contributed by atoms with Crippen LogP contribution in [0.2, 0.25) is 5.02 Å². The molecule has 0 aliphatic carbocycles. The monoisotopic (exact) mass is 468 g/mol. The van der Waals surface area contributed by atoms with Crippen LogP contribution in [0.15, 0.2) is 30.9 Å². The van der Waals surface area contributed by atoms with Crippen LogP contribution < -0.4 is 0 Å². The number of thiazole rings is 1. The quantitative estimate of drug-likeness (QED) is 0.418. The Labute approximate surface area is 193 Å². The minimum absolute atomic E-state index is 0.0458. The molecule has 4 aromatic heterocycles. The molecule has 0 N–H and O–H groups in total. The van der Waals surface area contributed by atoms with Gasteiger partial charge in [0, 0.05) is 37.4 Å². The second-order valence-corrected chi connectivity index (χ2v) is 9.39. The number of Topliss-reactive ketones (excluding diaryl/α,β-unsaturated/α-hetero) is 1. The van der Waals surface area contributed by atoms with E-state index >= 15 is 0 Å². The maximum Gasteiger partial charge on any atom is 0.193 e. The Morgan fingerprint density at radius 3 is 2.81 bits per heavy atom. The van der Waals surface area contributed by atoms with Gasteiger partial charge in [0.1, 0.15) is 16.1 Å². The number of fused-ring (bicyclic) bond motifs is 1. The summed E-state index contributed by atoms with van der Waals surface area (Å²) in [5.74, 6) is 0.483. The van der Waals surface area contributed by atoms with E-state index in [1.165, 1.54) is 4.80 Å². The molecule has 5 heterocycles. The van der Waals surface area contributed by atoms with Gasteiger partial charge < -0.3 is 4.74 Å². The maximum absolute atomic E-state index is 13.0. The highest BCUT2D eigenvalue weighted by Gasteiger charge is 2.25. The molecule has 4 aromatic rings. The third-order valence-electron chi connectivity index (χ3n) is 5.43. The van der Waals surface area contributed by atoms with Crippen LogP contribution >= 0.6 is 22.9 Å². The van der Waals surface area contributed by atoms with Gasteiger partial charge in [-0.25, -0.2) is 15.0 Å². The van der Waals surface area contributed by atoms with Crippen LogP contribution in [0.1, 0.15) is 47.1 Å². The molecule has 1 fully saturated rings. The Morgan fingerprint density at radius 2 is 2.06 bits per heavy atom. The minimum atomic E-state index is -0.0458. The molecular formula is C22H21ClN6O2S. The van der Waals surface area contributed by atoms with Crippen molar-refractivity contribution in [3.63, 3.8) is 0 Å². The fourth-order valence-electron chi connectivity index (χ4n) is 4.05. The van der Waals surface area contributed by atoms with Crippen molar-refractivity contribution in [2.45, 2.75) is 45.1 Å². The smallest absolute Gasteiger partial charge is 0.193 e. The predicted molar refractivity (Wildman–Crippen MR) is 121 cm³/mol. The molecule has 1 aliphatic heterocycles. The van der Waals surface area contributed by atoms with Crippen LogP contribution in [0.3, 0.4) is 0 Å². The van der Waals surface area contributed by atoms with Crippen molar-refractivity contribution in [2.75, 3.05) is 6.61 Å². The van der Waals surface area contributed by atoms with Gasteiger partial charge in [0.25, 0.3) is 0 Å². The van der Waals surface area contributed by atoms with Crippen molar-refractivity contribution >= 4 is 39.1 Å². The Kier molecular flexibility index (Phi) is 5.95. The maximum atomic E-state index is 13.0. The van der Waals surface area contributed by atoms with Gasteiger partial charge in [0.05, 0.1) is 28.5 Å². The Balaban J connectivity index is 1.39. The molecule has 0 aromatic carbocycles. The number of hydrogen-bond donors (Lipinski definition) is 0. The lowest BCUT2D eigenvalue weighted by atomic mass is 9.94. The first-order valence-corrected chi connectivity index (χ1v) is 11.7. The number of aromatic nitrogens is 6. The van der Waals surface area contributed by atoms with Crippen LogP contribution in [-0.2, 0) is 22.4 Å². The normalized spacial score (nSPS) is 16.5. The molecule has 0 amide bonds. The molecule has 5 rings (SSSR count). The number of carbonyl (C=O) groups excluding carboxylic acids is 1. The largest absolute Gasteiger partial charge is 0.373 e. The number of carbonyl (C=O) groups is 1. The van der Waals surface area contributed by atoms with E-state index in [2.05, 4.69) is 20.2 Å². The number of nitrogens with zero attached hydrogens (tertiary/aromatic N) is 6. The topological polar surface area (TPSA) is 95.7 Å². The van der Waals surface area contributed by atoms with Crippen molar-refractivity contribution < 1.29 is 9.53 Å². The molecule has 8 nitrogen and oxygen atoms in total. The van der Waals surface area contributed by atoms with Crippen LogP contribution in [0, 0.1) is 6.92 Å². The first-order chi connectivity index (χ1) is 15.6. The molecule has 32 heavy (non-hydrogen) atoms.